The number of hydrogen-bond donors (Lipinski definition) is 2. The molecule has 1 unspecified atom stereocenters. The smallest absolute Gasteiger partial charge is 0.545 e. The molecule has 0 heterocycles. The Hall–Kier alpha value is -1.78. The number of nitrogens with zero attached hydrogens (tertiary/aromatic N) is 2. The second kappa shape index (κ2) is 9.95. The zero-order chi connectivity index (χ0) is 19.3. The fourth-order valence-corrected chi connectivity index (χ4v) is 3.30. The van der Waals surface area contributed by atoms with Crippen molar-refractivity contribution in [2.45, 2.75) is 31.2 Å². The number of carbonyl (C=O) groups excluding carboxylic acids is 1. The van der Waals surface area contributed by atoms with Gasteiger partial charge in [-0.2, -0.15) is 10.2 Å². The van der Waals surface area contributed by atoms with Gasteiger partial charge >= 0.3 is 29.6 Å². The molecule has 0 radical (unpaired) electrons. The minimum Gasteiger partial charge on any atom is -0.545 e. The molecule has 0 saturated carbocycles. The quantitative estimate of drug-likeness (QED) is 0.467. The van der Waals surface area contributed by atoms with Crippen LogP contribution in [-0.4, -0.2) is 25.5 Å². The molecule has 2 N–H and O–H groups in total. The molecule has 1 atom stereocenters. The van der Waals surface area contributed by atoms with Gasteiger partial charge in [0.2, 0.25) is 10.0 Å². The molecule has 0 amide bonds. The summed E-state index contributed by atoms with van der Waals surface area (Å²) in [7, 11) is -3.60. The van der Waals surface area contributed by atoms with E-state index in [0.717, 1.165) is 6.07 Å². The molecule has 0 aliphatic rings. The maximum absolute atomic E-state index is 12.2. The average Bonchev–Trinajstić information content (AvgIpc) is 2.60. The van der Waals surface area contributed by atoms with E-state index in [1.165, 1.54) is 36.4 Å². The van der Waals surface area contributed by atoms with Crippen molar-refractivity contribution >= 4 is 27.4 Å². The molecule has 10 heteroatoms. The monoisotopic (exact) mass is 399 g/mol. The van der Waals surface area contributed by atoms with Crippen LogP contribution < -0.4 is 39.4 Å². The van der Waals surface area contributed by atoms with Crippen LogP contribution in [-0.2, 0) is 10.0 Å². The summed E-state index contributed by atoms with van der Waals surface area (Å²) < 4.78 is 26.9. The Kier molecular flexibility index (Phi) is 8.58. The summed E-state index contributed by atoms with van der Waals surface area (Å²) in [5, 5.41) is 28.1. The molecule has 2 aromatic carbocycles. The number of azo groups is 1. The van der Waals surface area contributed by atoms with Gasteiger partial charge in [-0.05, 0) is 55.8 Å². The van der Waals surface area contributed by atoms with Crippen molar-refractivity contribution in [3.05, 3.63) is 48.0 Å². The fourth-order valence-electron chi connectivity index (χ4n) is 1.97. The number of carbonyl (C=O) groups is 1. The van der Waals surface area contributed by atoms with Gasteiger partial charge in [0.25, 0.3) is 0 Å². The zero-order valence-electron chi connectivity index (χ0n) is 15.2. The number of benzene rings is 2. The van der Waals surface area contributed by atoms with Gasteiger partial charge < -0.3 is 15.0 Å². The number of sulfonamides is 1. The van der Waals surface area contributed by atoms with E-state index in [-0.39, 0.29) is 51.7 Å². The molecular formula is C17H18N3NaO5S. The summed E-state index contributed by atoms with van der Waals surface area (Å²) in [5.41, 5.74) is 0.201. The van der Waals surface area contributed by atoms with E-state index in [0.29, 0.717) is 12.1 Å². The number of nitrogens with one attached hydrogen (secondary N) is 1. The maximum atomic E-state index is 12.2. The molecule has 0 saturated heterocycles. The van der Waals surface area contributed by atoms with Gasteiger partial charge in [-0.1, -0.05) is 6.92 Å². The minimum atomic E-state index is -3.60. The van der Waals surface area contributed by atoms with Crippen molar-refractivity contribution in [3.63, 3.8) is 0 Å². The van der Waals surface area contributed by atoms with Gasteiger partial charge in [0.15, 0.2) is 0 Å². The normalized spacial score (nSPS) is 12.5. The van der Waals surface area contributed by atoms with Gasteiger partial charge in [-0.25, -0.2) is 13.1 Å². The Labute approximate surface area is 179 Å². The summed E-state index contributed by atoms with van der Waals surface area (Å²) in [5.74, 6) is -1.95. The molecule has 0 aromatic heterocycles. The van der Waals surface area contributed by atoms with E-state index in [9.17, 15) is 23.4 Å². The maximum Gasteiger partial charge on any atom is 1.00 e. The van der Waals surface area contributed by atoms with Crippen molar-refractivity contribution in [2.24, 2.45) is 10.2 Å². The van der Waals surface area contributed by atoms with Crippen LogP contribution in [0, 0.1) is 0 Å². The first-order valence-electron chi connectivity index (χ1n) is 7.81. The van der Waals surface area contributed by atoms with Crippen LogP contribution in [0.15, 0.2) is 57.6 Å². The Morgan fingerprint density at radius 3 is 2.26 bits per heavy atom. The van der Waals surface area contributed by atoms with Gasteiger partial charge in [0.05, 0.1) is 22.2 Å². The van der Waals surface area contributed by atoms with Crippen molar-refractivity contribution in [1.29, 1.82) is 0 Å². The summed E-state index contributed by atoms with van der Waals surface area (Å²) >= 11 is 0. The third-order valence-corrected chi connectivity index (χ3v) is 5.20. The third kappa shape index (κ3) is 6.40. The molecular weight excluding hydrogens is 381 g/mol. The van der Waals surface area contributed by atoms with E-state index in [1.807, 2.05) is 6.92 Å². The number of rotatable bonds is 7. The van der Waals surface area contributed by atoms with Crippen LogP contribution in [0.2, 0.25) is 0 Å². The van der Waals surface area contributed by atoms with Gasteiger partial charge in [0.1, 0.15) is 5.75 Å². The van der Waals surface area contributed by atoms with Crippen LogP contribution in [0.1, 0.15) is 30.6 Å². The van der Waals surface area contributed by atoms with Crippen molar-refractivity contribution < 1.29 is 53.0 Å². The largest absolute Gasteiger partial charge is 1.00 e. The van der Waals surface area contributed by atoms with Crippen molar-refractivity contribution in [3.8, 4) is 5.75 Å². The number of carboxylic acid groups (broad SMARTS) is 1. The van der Waals surface area contributed by atoms with Gasteiger partial charge in [-0.15, -0.1) is 0 Å². The molecule has 0 aliphatic carbocycles. The molecule has 8 nitrogen and oxygen atoms in total. The third-order valence-electron chi connectivity index (χ3n) is 3.60. The average molecular weight is 399 g/mol. The molecule has 27 heavy (non-hydrogen) atoms. The molecule has 138 valence electrons. The Bertz CT molecular complexity index is 930. The number of hydrogen-bond acceptors (Lipinski definition) is 7. The second-order valence-electron chi connectivity index (χ2n) is 5.61. The minimum absolute atomic E-state index is 0. The zero-order valence-corrected chi connectivity index (χ0v) is 18.0. The van der Waals surface area contributed by atoms with Crippen molar-refractivity contribution in [2.75, 3.05) is 0 Å². The predicted octanol–water partition coefficient (Wildman–Crippen LogP) is -0.748. The molecule has 0 bridgehead atoms. The van der Waals surface area contributed by atoms with Crippen LogP contribution in [0.5, 0.6) is 5.75 Å². The first-order chi connectivity index (χ1) is 12.2. The molecule has 2 aromatic rings. The summed E-state index contributed by atoms with van der Waals surface area (Å²) in [6.07, 6.45) is 0.673. The summed E-state index contributed by atoms with van der Waals surface area (Å²) in [6, 6.07) is 9.29. The van der Waals surface area contributed by atoms with E-state index >= 15 is 0 Å². The summed E-state index contributed by atoms with van der Waals surface area (Å²) in [4.78, 5) is 11.0. The second-order valence-corrected chi connectivity index (χ2v) is 7.33. The van der Waals surface area contributed by atoms with Crippen LogP contribution in [0.3, 0.4) is 0 Å². The van der Waals surface area contributed by atoms with Crippen molar-refractivity contribution in [1.82, 2.24) is 4.72 Å². The Morgan fingerprint density at radius 1 is 1.15 bits per heavy atom. The van der Waals surface area contributed by atoms with Crippen LogP contribution >= 0.6 is 0 Å². The predicted molar refractivity (Wildman–Crippen MR) is 93.1 cm³/mol. The fraction of sp³-hybridized carbons (Fsp3) is 0.235. The molecule has 2 rings (SSSR count). The topological polar surface area (TPSA) is 131 Å². The Balaban J connectivity index is 0.00000364. The number of aromatic hydroxyl groups is 1. The van der Waals surface area contributed by atoms with Crippen LogP contribution in [0.4, 0.5) is 11.4 Å². The number of aromatic carboxylic acids is 1. The summed E-state index contributed by atoms with van der Waals surface area (Å²) in [6.45, 7) is 3.66. The van der Waals surface area contributed by atoms with E-state index in [1.54, 1.807) is 6.92 Å². The molecule has 0 fully saturated rings. The number of phenols is 1. The van der Waals surface area contributed by atoms with E-state index < -0.39 is 21.7 Å². The van der Waals surface area contributed by atoms with Crippen LogP contribution in [0.25, 0.3) is 0 Å². The first-order valence-corrected chi connectivity index (χ1v) is 9.29. The molecule has 0 aliphatic heterocycles. The van der Waals surface area contributed by atoms with E-state index in [4.69, 9.17) is 0 Å². The molecule has 0 spiro atoms. The number of carboxylic acids is 1. The SMILES string of the molecule is CCC(C)NS(=O)(=O)c1ccc(N=Nc2ccc(O)c(C(=O)[O-])c2)cc1.[Na+]. The van der Waals surface area contributed by atoms with Gasteiger partial charge in [-0.3, -0.25) is 0 Å². The Morgan fingerprint density at radius 2 is 1.70 bits per heavy atom. The standard InChI is InChI=1S/C17H19N3O5S.Na/c1-3-11(2)20-26(24,25)14-7-4-12(5-8-14)18-19-13-6-9-16(21)15(10-13)17(22)23;/h4-11,20-21H,3H2,1-2H3,(H,22,23);/q;+1/p-1. The van der Waals surface area contributed by atoms with E-state index in [2.05, 4.69) is 15.0 Å². The first kappa shape index (κ1) is 23.3. The van der Waals surface area contributed by atoms with Gasteiger partial charge in [0, 0.05) is 11.6 Å².